The lowest BCUT2D eigenvalue weighted by atomic mass is 9.71. The molecule has 0 atom stereocenters. The summed E-state index contributed by atoms with van der Waals surface area (Å²) in [5, 5.41) is 4.34. The molecule has 5 rings (SSSR count). The van der Waals surface area contributed by atoms with E-state index in [9.17, 15) is 4.79 Å². The molecule has 27 heavy (non-hydrogen) atoms. The Balaban J connectivity index is 1.69. The van der Waals surface area contributed by atoms with Crippen molar-refractivity contribution in [3.63, 3.8) is 0 Å². The smallest absolute Gasteiger partial charge is 0.195 e. The lowest BCUT2D eigenvalue weighted by Gasteiger charge is -2.35. The summed E-state index contributed by atoms with van der Waals surface area (Å²) in [6.45, 7) is 8.35. The monoisotopic (exact) mass is 360 g/mol. The number of H-pyrrole nitrogens is 1. The number of aromatic nitrogens is 1. The molecule has 1 aliphatic carbocycles. The summed E-state index contributed by atoms with van der Waals surface area (Å²) in [6.07, 6.45) is 0. The average molecular weight is 360 g/mol. The van der Waals surface area contributed by atoms with Crippen molar-refractivity contribution in [2.75, 3.05) is 36.8 Å². The van der Waals surface area contributed by atoms with Gasteiger partial charge in [-0.05, 0) is 35.9 Å². The van der Waals surface area contributed by atoms with Crippen LogP contribution < -0.4 is 16.0 Å². The van der Waals surface area contributed by atoms with Gasteiger partial charge in [-0.25, -0.2) is 0 Å². The highest BCUT2D eigenvalue weighted by molar-refractivity contribution is 6.20. The van der Waals surface area contributed by atoms with E-state index in [2.05, 4.69) is 41.2 Å². The predicted octanol–water partition coefficient (Wildman–Crippen LogP) is 3.03. The number of rotatable bonds is 1. The van der Waals surface area contributed by atoms with E-state index in [1.54, 1.807) is 0 Å². The van der Waals surface area contributed by atoms with Gasteiger partial charge in [0.1, 0.15) is 0 Å². The molecule has 1 saturated heterocycles. The molecule has 0 spiro atoms. The van der Waals surface area contributed by atoms with E-state index in [0.29, 0.717) is 5.69 Å². The maximum Gasteiger partial charge on any atom is 0.195 e. The minimum atomic E-state index is -0.281. The minimum absolute atomic E-state index is 0.0993. The fourth-order valence-electron chi connectivity index (χ4n) is 4.56. The zero-order chi connectivity index (χ0) is 18.8. The summed E-state index contributed by atoms with van der Waals surface area (Å²) in [7, 11) is 0. The Morgan fingerprint density at radius 3 is 2.63 bits per heavy atom. The van der Waals surface area contributed by atoms with Gasteiger partial charge in [0.25, 0.3) is 0 Å². The fraction of sp³-hybridized carbons (Fsp3) is 0.318. The van der Waals surface area contributed by atoms with Gasteiger partial charge in [0.15, 0.2) is 5.78 Å². The van der Waals surface area contributed by atoms with Crippen LogP contribution in [-0.4, -0.2) is 36.9 Å². The second kappa shape index (κ2) is 5.60. The maximum atomic E-state index is 13.4. The Kier molecular flexibility index (Phi) is 3.40. The van der Waals surface area contributed by atoms with Crippen LogP contribution in [0, 0.1) is 0 Å². The summed E-state index contributed by atoms with van der Waals surface area (Å²) in [4.78, 5) is 19.2. The van der Waals surface area contributed by atoms with Gasteiger partial charge in [-0.15, -0.1) is 0 Å². The number of nitrogens with two attached hydrogens (primary N) is 1. The number of piperazine rings is 1. The van der Waals surface area contributed by atoms with E-state index in [1.807, 2.05) is 24.3 Å². The highest BCUT2D eigenvalue weighted by atomic mass is 16.1. The Morgan fingerprint density at radius 1 is 1.07 bits per heavy atom. The number of carbonyl (C=O) groups excluding carboxylic acids is 1. The van der Waals surface area contributed by atoms with Crippen molar-refractivity contribution in [3.05, 3.63) is 58.8 Å². The van der Waals surface area contributed by atoms with Gasteiger partial charge in [0.2, 0.25) is 0 Å². The van der Waals surface area contributed by atoms with Crippen LogP contribution in [-0.2, 0) is 5.41 Å². The summed E-state index contributed by atoms with van der Waals surface area (Å²) >= 11 is 0. The van der Waals surface area contributed by atoms with Crippen LogP contribution in [0.15, 0.2) is 36.4 Å². The van der Waals surface area contributed by atoms with Gasteiger partial charge in [0, 0.05) is 65.1 Å². The second-order valence-corrected chi connectivity index (χ2v) is 8.10. The Morgan fingerprint density at radius 2 is 1.85 bits per heavy atom. The van der Waals surface area contributed by atoms with E-state index >= 15 is 0 Å². The largest absolute Gasteiger partial charge is 0.399 e. The highest BCUT2D eigenvalue weighted by Gasteiger charge is 2.39. The SMILES string of the molecule is CC1(C)c2cc(N3CCNCC3)ccc2C(=O)c2c1[nH]c1cc(N)ccc21. The summed E-state index contributed by atoms with van der Waals surface area (Å²) < 4.78 is 0. The number of fused-ring (bicyclic) bond motifs is 4. The molecule has 1 aliphatic heterocycles. The lowest BCUT2D eigenvalue weighted by Crippen LogP contribution is -2.43. The third-order valence-electron chi connectivity index (χ3n) is 6.08. The van der Waals surface area contributed by atoms with E-state index in [0.717, 1.165) is 59.5 Å². The number of nitrogens with one attached hydrogen (secondary N) is 2. The predicted molar refractivity (Wildman–Crippen MR) is 110 cm³/mol. The first-order valence-electron chi connectivity index (χ1n) is 9.53. The third kappa shape index (κ3) is 2.31. The number of carbonyl (C=O) groups is 1. The average Bonchev–Trinajstić information content (AvgIpc) is 3.06. The molecule has 5 nitrogen and oxygen atoms in total. The molecule has 0 saturated carbocycles. The van der Waals surface area contributed by atoms with Crippen molar-refractivity contribution in [1.29, 1.82) is 0 Å². The number of nitrogens with zero attached hydrogens (tertiary/aromatic N) is 1. The van der Waals surface area contributed by atoms with Crippen LogP contribution in [0.4, 0.5) is 11.4 Å². The molecule has 0 amide bonds. The van der Waals surface area contributed by atoms with E-state index in [4.69, 9.17) is 5.73 Å². The van der Waals surface area contributed by atoms with Gasteiger partial charge in [0.05, 0.1) is 5.56 Å². The Labute approximate surface area is 158 Å². The molecule has 2 heterocycles. The zero-order valence-corrected chi connectivity index (χ0v) is 15.7. The third-order valence-corrected chi connectivity index (χ3v) is 6.08. The molecule has 1 aromatic heterocycles. The quantitative estimate of drug-likeness (QED) is 0.583. The summed E-state index contributed by atoms with van der Waals surface area (Å²) in [5.74, 6) is 0.0993. The van der Waals surface area contributed by atoms with Crippen LogP contribution >= 0.6 is 0 Å². The first-order chi connectivity index (χ1) is 13.0. The van der Waals surface area contributed by atoms with Crippen molar-refractivity contribution in [3.8, 4) is 0 Å². The highest BCUT2D eigenvalue weighted by Crippen LogP contribution is 2.44. The van der Waals surface area contributed by atoms with Crippen LogP contribution in [0.5, 0.6) is 0 Å². The van der Waals surface area contributed by atoms with E-state index in [-0.39, 0.29) is 11.2 Å². The maximum absolute atomic E-state index is 13.4. The van der Waals surface area contributed by atoms with Crippen molar-refractivity contribution in [2.24, 2.45) is 0 Å². The molecule has 0 unspecified atom stereocenters. The van der Waals surface area contributed by atoms with Gasteiger partial charge in [-0.1, -0.05) is 19.9 Å². The van der Waals surface area contributed by atoms with Crippen LogP contribution in [0.1, 0.15) is 41.0 Å². The van der Waals surface area contributed by atoms with Crippen LogP contribution in [0.3, 0.4) is 0 Å². The molecule has 2 aliphatic rings. The molecule has 4 N–H and O–H groups in total. The molecule has 3 aromatic rings. The summed E-state index contributed by atoms with van der Waals surface area (Å²) in [6, 6.07) is 12.0. The van der Waals surface area contributed by atoms with Gasteiger partial charge in [-0.3, -0.25) is 4.79 Å². The normalized spacial score (nSPS) is 18.4. The van der Waals surface area contributed by atoms with Gasteiger partial charge >= 0.3 is 0 Å². The van der Waals surface area contributed by atoms with Crippen molar-refractivity contribution in [1.82, 2.24) is 10.3 Å². The number of hydrogen-bond donors (Lipinski definition) is 3. The van der Waals surface area contributed by atoms with Crippen molar-refractivity contribution >= 4 is 28.1 Å². The molecule has 2 aromatic carbocycles. The Bertz CT molecular complexity index is 1070. The minimum Gasteiger partial charge on any atom is -0.399 e. The van der Waals surface area contributed by atoms with Crippen LogP contribution in [0.25, 0.3) is 10.9 Å². The molecular formula is C22H24N4O. The molecule has 1 fully saturated rings. The summed E-state index contributed by atoms with van der Waals surface area (Å²) in [5.41, 5.74) is 12.2. The van der Waals surface area contributed by atoms with E-state index in [1.165, 1.54) is 5.69 Å². The molecular weight excluding hydrogens is 336 g/mol. The zero-order valence-electron chi connectivity index (χ0n) is 15.7. The number of aromatic amines is 1. The first kappa shape index (κ1) is 16.4. The fourth-order valence-corrected chi connectivity index (χ4v) is 4.56. The molecule has 138 valence electrons. The lowest BCUT2D eigenvalue weighted by molar-refractivity contribution is 0.103. The van der Waals surface area contributed by atoms with Gasteiger partial charge in [-0.2, -0.15) is 0 Å². The molecule has 5 heteroatoms. The number of anilines is 2. The van der Waals surface area contributed by atoms with Crippen molar-refractivity contribution in [2.45, 2.75) is 19.3 Å². The molecule has 0 bridgehead atoms. The Hall–Kier alpha value is -2.79. The number of hydrogen-bond acceptors (Lipinski definition) is 4. The molecule has 0 radical (unpaired) electrons. The number of ketones is 1. The number of nitrogen functional groups attached to an aromatic ring is 1. The van der Waals surface area contributed by atoms with Gasteiger partial charge < -0.3 is 20.9 Å². The van der Waals surface area contributed by atoms with Crippen molar-refractivity contribution < 1.29 is 4.79 Å². The standard InChI is InChI=1S/C22H24N4O/c1-22(2)17-12-14(26-9-7-24-8-10-26)4-6-15(17)20(27)19-16-5-3-13(23)11-18(16)25-21(19)22/h3-6,11-12,24-25H,7-10,23H2,1-2H3. The topological polar surface area (TPSA) is 74.2 Å². The number of benzene rings is 2. The first-order valence-corrected chi connectivity index (χ1v) is 9.53. The van der Waals surface area contributed by atoms with Crippen LogP contribution in [0.2, 0.25) is 0 Å². The van der Waals surface area contributed by atoms with E-state index < -0.39 is 0 Å². The second-order valence-electron chi connectivity index (χ2n) is 8.10.